The second-order valence-corrected chi connectivity index (χ2v) is 6.89. The maximum Gasteiger partial charge on any atom is 0.338 e. The van der Waals surface area contributed by atoms with E-state index in [4.69, 9.17) is 9.47 Å². The molecule has 0 aliphatic carbocycles. The van der Waals surface area contributed by atoms with Crippen molar-refractivity contribution in [2.45, 2.75) is 65.7 Å². The van der Waals surface area contributed by atoms with Crippen LogP contribution in [0, 0.1) is 11.8 Å². The maximum atomic E-state index is 12.3. The lowest BCUT2D eigenvalue weighted by Crippen LogP contribution is -2.49. The fourth-order valence-electron chi connectivity index (χ4n) is 2.28. The lowest BCUT2D eigenvalue weighted by Gasteiger charge is -2.20. The fraction of sp³-hybridized carbons (Fsp3) is 0.824. The van der Waals surface area contributed by atoms with Gasteiger partial charge in [0.25, 0.3) is 5.91 Å². The Morgan fingerprint density at radius 2 is 1.75 bits per heavy atom. The summed E-state index contributed by atoms with van der Waals surface area (Å²) in [4.78, 5) is 36.0. The van der Waals surface area contributed by atoms with Crippen LogP contribution < -0.4 is 10.6 Å². The summed E-state index contributed by atoms with van der Waals surface area (Å²) in [5.41, 5.74) is 0. The van der Waals surface area contributed by atoms with Gasteiger partial charge in [-0.15, -0.1) is 0 Å². The Bertz CT molecular complexity index is 450. The molecule has 7 nitrogen and oxygen atoms in total. The molecule has 1 aliphatic heterocycles. The summed E-state index contributed by atoms with van der Waals surface area (Å²) in [6.45, 7) is 10.6. The molecule has 0 aromatic rings. The molecule has 138 valence electrons. The minimum atomic E-state index is -0.859. The van der Waals surface area contributed by atoms with E-state index >= 15 is 0 Å². The molecule has 1 saturated heterocycles. The number of epoxide rings is 1. The molecule has 1 heterocycles. The largest absolute Gasteiger partial charge is 0.464 e. The number of esters is 1. The zero-order valence-corrected chi connectivity index (χ0v) is 15.3. The molecule has 0 aromatic carbocycles. The summed E-state index contributed by atoms with van der Waals surface area (Å²) in [7, 11) is 0. The molecule has 0 spiro atoms. The summed E-state index contributed by atoms with van der Waals surface area (Å²) in [6.07, 6.45) is -0.309. The van der Waals surface area contributed by atoms with Crippen molar-refractivity contribution in [3.05, 3.63) is 0 Å². The predicted molar refractivity (Wildman–Crippen MR) is 89.1 cm³/mol. The van der Waals surface area contributed by atoms with E-state index in [1.807, 2.05) is 13.8 Å². The number of hydrogen-bond donors (Lipinski definition) is 2. The van der Waals surface area contributed by atoms with E-state index < -0.39 is 30.1 Å². The topological polar surface area (TPSA) is 97.0 Å². The first-order valence-corrected chi connectivity index (χ1v) is 8.66. The van der Waals surface area contributed by atoms with Crippen LogP contribution in [0.3, 0.4) is 0 Å². The van der Waals surface area contributed by atoms with Crippen LogP contribution in [0.2, 0.25) is 0 Å². The molecule has 3 atom stereocenters. The zero-order chi connectivity index (χ0) is 18.3. The molecule has 0 radical (unpaired) electrons. The number of nitrogens with one attached hydrogen (secondary N) is 2. The van der Waals surface area contributed by atoms with E-state index in [0.29, 0.717) is 18.9 Å². The minimum absolute atomic E-state index is 0.203. The molecule has 1 aliphatic rings. The first-order chi connectivity index (χ1) is 11.3. The number of rotatable bonds is 10. The van der Waals surface area contributed by atoms with Gasteiger partial charge in [0.2, 0.25) is 5.91 Å². The van der Waals surface area contributed by atoms with Crippen LogP contribution in [0.5, 0.6) is 0 Å². The zero-order valence-electron chi connectivity index (χ0n) is 15.3. The standard InChI is InChI=1S/C17H30N2O5/c1-6-23-17(22)14-13(24-14)16(21)19-12(9-11(4)5)15(20)18-8-7-10(2)3/h10-14H,6-9H2,1-5H3,(H,18,20)(H,19,21)/t12-,13?,14?/m0/s1. The van der Waals surface area contributed by atoms with Crippen LogP contribution in [-0.4, -0.2) is 49.2 Å². The number of carbonyl (C=O) groups is 3. The highest BCUT2D eigenvalue weighted by molar-refractivity contribution is 5.95. The third kappa shape index (κ3) is 6.86. The van der Waals surface area contributed by atoms with E-state index in [9.17, 15) is 14.4 Å². The van der Waals surface area contributed by atoms with E-state index in [0.717, 1.165) is 6.42 Å². The highest BCUT2D eigenvalue weighted by Crippen LogP contribution is 2.24. The van der Waals surface area contributed by atoms with Crippen molar-refractivity contribution >= 4 is 17.8 Å². The van der Waals surface area contributed by atoms with Crippen molar-refractivity contribution in [1.82, 2.24) is 10.6 Å². The molecule has 0 saturated carbocycles. The van der Waals surface area contributed by atoms with Crippen LogP contribution in [0.1, 0.15) is 47.5 Å². The average Bonchev–Trinajstić information content (AvgIpc) is 3.26. The Balaban J connectivity index is 2.52. The van der Waals surface area contributed by atoms with Gasteiger partial charge in [0.15, 0.2) is 12.2 Å². The molecule has 0 bridgehead atoms. The van der Waals surface area contributed by atoms with Gasteiger partial charge in [-0.3, -0.25) is 9.59 Å². The van der Waals surface area contributed by atoms with Crippen molar-refractivity contribution in [3.8, 4) is 0 Å². The second kappa shape index (κ2) is 9.61. The van der Waals surface area contributed by atoms with Gasteiger partial charge < -0.3 is 20.1 Å². The first kappa shape index (κ1) is 20.4. The van der Waals surface area contributed by atoms with Crippen LogP contribution in [-0.2, 0) is 23.9 Å². The van der Waals surface area contributed by atoms with Crippen molar-refractivity contribution in [2.24, 2.45) is 11.8 Å². The monoisotopic (exact) mass is 342 g/mol. The van der Waals surface area contributed by atoms with Gasteiger partial charge >= 0.3 is 5.97 Å². The Hall–Kier alpha value is -1.63. The number of amides is 2. The number of ether oxygens (including phenoxy) is 2. The minimum Gasteiger partial charge on any atom is -0.464 e. The van der Waals surface area contributed by atoms with Crippen molar-refractivity contribution in [3.63, 3.8) is 0 Å². The lowest BCUT2D eigenvalue weighted by molar-refractivity contribution is -0.144. The predicted octanol–water partition coefficient (Wildman–Crippen LogP) is 1.01. The Morgan fingerprint density at radius 3 is 2.29 bits per heavy atom. The second-order valence-electron chi connectivity index (χ2n) is 6.89. The molecular formula is C17H30N2O5. The van der Waals surface area contributed by atoms with Gasteiger partial charge in [0.1, 0.15) is 6.04 Å². The summed E-state index contributed by atoms with van der Waals surface area (Å²) >= 11 is 0. The average molecular weight is 342 g/mol. The van der Waals surface area contributed by atoms with E-state index in [1.54, 1.807) is 6.92 Å². The van der Waals surface area contributed by atoms with Gasteiger partial charge in [-0.1, -0.05) is 27.7 Å². The van der Waals surface area contributed by atoms with Crippen LogP contribution in [0.4, 0.5) is 0 Å². The van der Waals surface area contributed by atoms with Gasteiger partial charge in [0, 0.05) is 6.54 Å². The first-order valence-electron chi connectivity index (χ1n) is 8.66. The molecule has 2 N–H and O–H groups in total. The van der Waals surface area contributed by atoms with Crippen molar-refractivity contribution in [2.75, 3.05) is 13.2 Å². The van der Waals surface area contributed by atoms with Crippen LogP contribution >= 0.6 is 0 Å². The third-order valence-corrected chi connectivity index (χ3v) is 3.63. The molecule has 1 fully saturated rings. The van der Waals surface area contributed by atoms with Gasteiger partial charge in [-0.25, -0.2) is 4.79 Å². The normalized spacial score (nSPS) is 20.6. The van der Waals surface area contributed by atoms with Gasteiger partial charge in [-0.05, 0) is 31.6 Å². The smallest absolute Gasteiger partial charge is 0.338 e. The Morgan fingerprint density at radius 1 is 1.08 bits per heavy atom. The summed E-state index contributed by atoms with van der Waals surface area (Å²) in [5.74, 6) is -0.455. The van der Waals surface area contributed by atoms with Gasteiger partial charge in [-0.2, -0.15) is 0 Å². The fourth-order valence-corrected chi connectivity index (χ4v) is 2.28. The van der Waals surface area contributed by atoms with Crippen LogP contribution in [0.25, 0.3) is 0 Å². The SMILES string of the molecule is CCOC(=O)C1OC1C(=O)N[C@@H](CC(C)C)C(=O)NCCC(C)C. The Labute approximate surface area is 143 Å². The van der Waals surface area contributed by atoms with Gasteiger partial charge in [0.05, 0.1) is 6.61 Å². The van der Waals surface area contributed by atoms with Crippen molar-refractivity contribution < 1.29 is 23.9 Å². The molecule has 0 aromatic heterocycles. The highest BCUT2D eigenvalue weighted by Gasteiger charge is 2.52. The number of hydrogen-bond acceptors (Lipinski definition) is 5. The molecule has 2 unspecified atom stereocenters. The molecular weight excluding hydrogens is 312 g/mol. The molecule has 7 heteroatoms. The van der Waals surface area contributed by atoms with E-state index in [-0.39, 0.29) is 18.4 Å². The lowest BCUT2D eigenvalue weighted by atomic mass is 10.0. The van der Waals surface area contributed by atoms with E-state index in [2.05, 4.69) is 24.5 Å². The summed E-state index contributed by atoms with van der Waals surface area (Å²) in [6, 6.07) is -0.628. The van der Waals surface area contributed by atoms with E-state index in [1.165, 1.54) is 0 Å². The molecule has 2 amide bonds. The third-order valence-electron chi connectivity index (χ3n) is 3.63. The Kier molecular flexibility index (Phi) is 8.18. The maximum absolute atomic E-state index is 12.3. The number of carbonyl (C=O) groups excluding carboxylic acids is 3. The summed E-state index contributed by atoms with van der Waals surface area (Å²) in [5, 5.41) is 5.54. The highest BCUT2D eigenvalue weighted by atomic mass is 16.6. The molecule has 1 rings (SSSR count). The van der Waals surface area contributed by atoms with Crippen LogP contribution in [0.15, 0.2) is 0 Å². The summed E-state index contributed by atoms with van der Waals surface area (Å²) < 4.78 is 9.89. The molecule has 24 heavy (non-hydrogen) atoms. The quantitative estimate of drug-likeness (QED) is 0.456. The van der Waals surface area contributed by atoms with Crippen molar-refractivity contribution in [1.29, 1.82) is 0 Å².